The average molecular weight is 333 g/mol. The van der Waals surface area contributed by atoms with Gasteiger partial charge in [-0.25, -0.2) is 0 Å². The molecule has 0 aromatic heterocycles. The fourth-order valence-electron chi connectivity index (χ4n) is 2.51. The molecule has 0 amide bonds. The van der Waals surface area contributed by atoms with Gasteiger partial charge in [-0.15, -0.1) is 11.8 Å². The number of nitrogens with one attached hydrogen (secondary N) is 1. The van der Waals surface area contributed by atoms with E-state index in [-0.39, 0.29) is 0 Å². The Balaban J connectivity index is 1.78. The van der Waals surface area contributed by atoms with Crippen molar-refractivity contribution in [1.29, 1.82) is 0 Å². The molecule has 2 nitrogen and oxygen atoms in total. The molecule has 112 valence electrons. The van der Waals surface area contributed by atoms with Gasteiger partial charge in [0.05, 0.1) is 5.02 Å². The molecule has 0 saturated carbocycles. The SMILES string of the molecule is CN(CCSc1cc(Cl)ccc1Cl)C1CCCNCC1. The molecule has 1 saturated heterocycles. The Kier molecular flexibility index (Phi) is 6.99. The van der Waals surface area contributed by atoms with Crippen LogP contribution in [0.25, 0.3) is 0 Å². The van der Waals surface area contributed by atoms with Gasteiger partial charge in [-0.05, 0) is 57.6 Å². The quantitative estimate of drug-likeness (QED) is 0.815. The second-order valence-corrected chi connectivity index (χ2v) is 7.22. The fraction of sp³-hybridized carbons (Fsp3) is 0.600. The second kappa shape index (κ2) is 8.50. The molecule has 1 aliphatic rings. The van der Waals surface area contributed by atoms with Crippen LogP contribution in [0.15, 0.2) is 23.1 Å². The van der Waals surface area contributed by atoms with E-state index < -0.39 is 0 Å². The molecule has 1 atom stereocenters. The summed E-state index contributed by atoms with van der Waals surface area (Å²) < 4.78 is 0. The van der Waals surface area contributed by atoms with Crippen molar-refractivity contribution in [3.05, 3.63) is 28.2 Å². The zero-order valence-electron chi connectivity index (χ0n) is 11.9. The molecule has 1 heterocycles. The molecule has 20 heavy (non-hydrogen) atoms. The van der Waals surface area contributed by atoms with Crippen LogP contribution >= 0.6 is 35.0 Å². The van der Waals surface area contributed by atoms with Crippen molar-refractivity contribution in [3.63, 3.8) is 0 Å². The first-order valence-corrected chi connectivity index (χ1v) is 8.90. The Bertz CT molecular complexity index is 420. The first-order valence-electron chi connectivity index (χ1n) is 7.15. The third kappa shape index (κ3) is 5.12. The molecular weight excluding hydrogens is 311 g/mol. The minimum Gasteiger partial charge on any atom is -0.317 e. The third-order valence-corrected chi connectivity index (χ3v) is 5.48. The molecule has 1 fully saturated rings. The molecule has 0 radical (unpaired) electrons. The number of benzene rings is 1. The van der Waals surface area contributed by atoms with E-state index in [0.29, 0.717) is 6.04 Å². The van der Waals surface area contributed by atoms with Crippen LogP contribution in [0.3, 0.4) is 0 Å². The molecule has 5 heteroatoms. The van der Waals surface area contributed by atoms with Gasteiger partial charge in [-0.3, -0.25) is 0 Å². The standard InChI is InChI=1S/C15H22Cl2N2S/c1-19(13-3-2-7-18-8-6-13)9-10-20-15-11-12(16)4-5-14(15)17/h4-5,11,13,18H,2-3,6-10H2,1H3. The van der Waals surface area contributed by atoms with E-state index in [1.54, 1.807) is 11.8 Å². The lowest BCUT2D eigenvalue weighted by molar-refractivity contribution is 0.237. The summed E-state index contributed by atoms with van der Waals surface area (Å²) in [6, 6.07) is 6.36. The number of hydrogen-bond acceptors (Lipinski definition) is 3. The van der Waals surface area contributed by atoms with Crippen LogP contribution in [0, 0.1) is 0 Å². The number of thioether (sulfide) groups is 1. The summed E-state index contributed by atoms with van der Waals surface area (Å²) in [5, 5.41) is 5.01. The molecular formula is C15H22Cl2N2S. The Morgan fingerprint density at radius 3 is 3.00 bits per heavy atom. The largest absolute Gasteiger partial charge is 0.317 e. The van der Waals surface area contributed by atoms with Crippen molar-refractivity contribution in [2.75, 3.05) is 32.4 Å². The number of nitrogens with zero attached hydrogens (tertiary/aromatic N) is 1. The van der Waals surface area contributed by atoms with Crippen molar-refractivity contribution in [1.82, 2.24) is 10.2 Å². The smallest absolute Gasteiger partial charge is 0.0542 e. The molecule has 2 rings (SSSR count). The molecule has 1 aromatic carbocycles. The van der Waals surface area contributed by atoms with E-state index in [2.05, 4.69) is 17.3 Å². The first-order chi connectivity index (χ1) is 9.66. The van der Waals surface area contributed by atoms with Crippen molar-refractivity contribution < 1.29 is 0 Å². The van der Waals surface area contributed by atoms with Crippen LogP contribution in [0.1, 0.15) is 19.3 Å². The van der Waals surface area contributed by atoms with Gasteiger partial charge in [0.15, 0.2) is 0 Å². The number of hydrogen-bond donors (Lipinski definition) is 1. The zero-order valence-corrected chi connectivity index (χ0v) is 14.2. The van der Waals surface area contributed by atoms with E-state index in [1.807, 2.05) is 18.2 Å². The maximum absolute atomic E-state index is 6.18. The van der Waals surface area contributed by atoms with E-state index >= 15 is 0 Å². The van der Waals surface area contributed by atoms with Gasteiger partial charge >= 0.3 is 0 Å². The minimum absolute atomic E-state index is 0.709. The number of rotatable bonds is 5. The van der Waals surface area contributed by atoms with E-state index in [1.165, 1.54) is 19.3 Å². The highest BCUT2D eigenvalue weighted by molar-refractivity contribution is 7.99. The summed E-state index contributed by atoms with van der Waals surface area (Å²) in [6.07, 6.45) is 3.83. The molecule has 1 aliphatic heterocycles. The maximum atomic E-state index is 6.18. The average Bonchev–Trinajstić information content (AvgIpc) is 2.71. The Labute approximate surface area is 136 Å². The van der Waals surface area contributed by atoms with Gasteiger partial charge in [0.1, 0.15) is 0 Å². The van der Waals surface area contributed by atoms with Crippen LogP contribution in [-0.4, -0.2) is 43.4 Å². The maximum Gasteiger partial charge on any atom is 0.0542 e. The highest BCUT2D eigenvalue weighted by Crippen LogP contribution is 2.29. The fourth-order valence-corrected chi connectivity index (χ4v) is 4.04. The summed E-state index contributed by atoms with van der Waals surface area (Å²) in [5.74, 6) is 1.04. The van der Waals surface area contributed by atoms with Crippen molar-refractivity contribution in [2.24, 2.45) is 0 Å². The predicted molar refractivity (Wildman–Crippen MR) is 90.3 cm³/mol. The predicted octanol–water partition coefficient (Wildman–Crippen LogP) is 4.16. The number of halogens is 2. The molecule has 1 unspecified atom stereocenters. The van der Waals surface area contributed by atoms with Gasteiger partial charge in [-0.2, -0.15) is 0 Å². The summed E-state index contributed by atoms with van der Waals surface area (Å²) in [4.78, 5) is 3.56. The van der Waals surface area contributed by atoms with Gasteiger partial charge in [-0.1, -0.05) is 23.2 Å². The third-order valence-electron chi connectivity index (χ3n) is 3.76. The lowest BCUT2D eigenvalue weighted by Crippen LogP contribution is -2.34. The van der Waals surface area contributed by atoms with Gasteiger partial charge in [0.25, 0.3) is 0 Å². The zero-order chi connectivity index (χ0) is 14.4. The summed E-state index contributed by atoms with van der Waals surface area (Å²) in [7, 11) is 2.23. The lowest BCUT2D eigenvalue weighted by Gasteiger charge is -2.26. The molecule has 0 bridgehead atoms. The Morgan fingerprint density at radius 1 is 1.30 bits per heavy atom. The highest BCUT2D eigenvalue weighted by Gasteiger charge is 2.16. The van der Waals surface area contributed by atoms with Crippen LogP contribution in [0.5, 0.6) is 0 Å². The lowest BCUT2D eigenvalue weighted by atomic mass is 10.1. The first kappa shape index (κ1) is 16.4. The van der Waals surface area contributed by atoms with Gasteiger partial charge < -0.3 is 10.2 Å². The highest BCUT2D eigenvalue weighted by atomic mass is 35.5. The molecule has 1 aromatic rings. The normalized spacial score (nSPS) is 20.1. The second-order valence-electron chi connectivity index (χ2n) is 5.24. The van der Waals surface area contributed by atoms with Crippen molar-refractivity contribution in [3.8, 4) is 0 Å². The van der Waals surface area contributed by atoms with Crippen molar-refractivity contribution >= 4 is 35.0 Å². The monoisotopic (exact) mass is 332 g/mol. The van der Waals surface area contributed by atoms with Crippen LogP contribution in [0.4, 0.5) is 0 Å². The summed E-state index contributed by atoms with van der Waals surface area (Å²) >= 11 is 14.0. The summed E-state index contributed by atoms with van der Waals surface area (Å²) in [5.41, 5.74) is 0. The van der Waals surface area contributed by atoms with E-state index in [9.17, 15) is 0 Å². The van der Waals surface area contributed by atoms with Gasteiger partial charge in [0.2, 0.25) is 0 Å². The molecule has 1 N–H and O–H groups in total. The Hall–Kier alpha value is 0.0700. The van der Waals surface area contributed by atoms with Gasteiger partial charge in [0, 0.05) is 28.3 Å². The van der Waals surface area contributed by atoms with Crippen molar-refractivity contribution in [2.45, 2.75) is 30.2 Å². The van der Waals surface area contributed by atoms with Crippen LogP contribution in [-0.2, 0) is 0 Å². The van der Waals surface area contributed by atoms with Crippen LogP contribution in [0.2, 0.25) is 10.0 Å². The van der Waals surface area contributed by atoms with E-state index in [4.69, 9.17) is 23.2 Å². The summed E-state index contributed by atoms with van der Waals surface area (Å²) in [6.45, 7) is 3.39. The topological polar surface area (TPSA) is 15.3 Å². The molecule has 0 spiro atoms. The van der Waals surface area contributed by atoms with Crippen LogP contribution < -0.4 is 5.32 Å². The molecule has 0 aliphatic carbocycles. The van der Waals surface area contributed by atoms with E-state index in [0.717, 1.165) is 40.3 Å². The minimum atomic E-state index is 0.709. The Morgan fingerprint density at radius 2 is 2.15 bits per heavy atom.